The van der Waals surface area contributed by atoms with Crippen molar-refractivity contribution in [1.82, 2.24) is 4.90 Å². The zero-order valence-electron chi connectivity index (χ0n) is 12.5. The van der Waals surface area contributed by atoms with Crippen molar-refractivity contribution in [2.75, 3.05) is 6.54 Å². The fourth-order valence-corrected chi connectivity index (χ4v) is 4.93. The topological polar surface area (TPSA) is 66.8 Å². The number of benzene rings is 1. The SMILES string of the molecule is O=C(O)C1C2C=CC3(CN(C4CCc5ccccc54)C(=O)C13)O2. The fraction of sp³-hybridized carbons (Fsp3) is 0.444. The smallest absolute Gasteiger partial charge is 0.310 e. The molecule has 4 aliphatic rings. The molecule has 118 valence electrons. The van der Waals surface area contributed by atoms with Gasteiger partial charge in [0.1, 0.15) is 11.5 Å². The number of aliphatic carboxylic acids is 1. The zero-order valence-corrected chi connectivity index (χ0v) is 12.5. The summed E-state index contributed by atoms with van der Waals surface area (Å²) in [5.41, 5.74) is 1.75. The minimum atomic E-state index is -0.937. The van der Waals surface area contributed by atoms with Crippen LogP contribution in [0.15, 0.2) is 36.4 Å². The maximum Gasteiger partial charge on any atom is 0.310 e. The highest BCUT2D eigenvalue weighted by atomic mass is 16.5. The molecule has 5 unspecified atom stereocenters. The first-order valence-electron chi connectivity index (χ1n) is 8.09. The Bertz CT molecular complexity index is 757. The van der Waals surface area contributed by atoms with Gasteiger partial charge in [-0.05, 0) is 24.0 Å². The van der Waals surface area contributed by atoms with Gasteiger partial charge in [0.25, 0.3) is 0 Å². The van der Waals surface area contributed by atoms with Gasteiger partial charge in [-0.1, -0.05) is 36.4 Å². The molecule has 3 aliphatic heterocycles. The molecule has 2 saturated heterocycles. The number of amides is 1. The molecular formula is C18H17NO4. The molecule has 1 spiro atoms. The standard InChI is InChI=1S/C18H17NO4/c20-16-15-14(17(21)22)13-7-8-18(15,23-13)9-19(16)12-6-5-10-3-1-2-4-11(10)12/h1-4,7-8,12-15H,5-6,9H2,(H,21,22). The number of carboxylic acid groups (broad SMARTS) is 1. The average Bonchev–Trinajstić information content (AvgIpc) is 3.26. The molecular weight excluding hydrogens is 294 g/mol. The Kier molecular flexibility index (Phi) is 2.45. The van der Waals surface area contributed by atoms with Crippen LogP contribution in [0.1, 0.15) is 23.6 Å². The number of carbonyl (C=O) groups excluding carboxylic acids is 1. The molecule has 23 heavy (non-hydrogen) atoms. The lowest BCUT2D eigenvalue weighted by atomic mass is 9.77. The number of ether oxygens (including phenoxy) is 1. The number of hydrogen-bond acceptors (Lipinski definition) is 3. The van der Waals surface area contributed by atoms with Crippen LogP contribution < -0.4 is 0 Å². The number of rotatable bonds is 2. The molecule has 0 saturated carbocycles. The van der Waals surface area contributed by atoms with E-state index in [0.29, 0.717) is 6.54 Å². The van der Waals surface area contributed by atoms with Crippen LogP contribution in [0.5, 0.6) is 0 Å². The van der Waals surface area contributed by atoms with E-state index >= 15 is 0 Å². The third-order valence-corrected chi connectivity index (χ3v) is 5.89. The Balaban J connectivity index is 1.53. The van der Waals surface area contributed by atoms with Crippen molar-refractivity contribution in [2.24, 2.45) is 11.8 Å². The van der Waals surface area contributed by atoms with Gasteiger partial charge in [-0.25, -0.2) is 0 Å². The molecule has 2 bridgehead atoms. The lowest BCUT2D eigenvalue weighted by Crippen LogP contribution is -2.39. The normalized spacial score (nSPS) is 39.8. The van der Waals surface area contributed by atoms with Crippen molar-refractivity contribution >= 4 is 11.9 Å². The van der Waals surface area contributed by atoms with E-state index in [0.717, 1.165) is 12.8 Å². The molecule has 0 aromatic heterocycles. The molecule has 5 nitrogen and oxygen atoms in total. The summed E-state index contributed by atoms with van der Waals surface area (Å²) in [4.78, 5) is 26.5. The molecule has 5 rings (SSSR count). The van der Waals surface area contributed by atoms with Gasteiger partial charge >= 0.3 is 5.97 Å². The minimum absolute atomic E-state index is 0.0455. The number of carboxylic acids is 1. The van der Waals surface area contributed by atoms with Crippen LogP contribution in [0.3, 0.4) is 0 Å². The Labute approximate surface area is 133 Å². The maximum atomic E-state index is 13.0. The predicted molar refractivity (Wildman–Crippen MR) is 80.6 cm³/mol. The second-order valence-corrected chi connectivity index (χ2v) is 6.96. The van der Waals surface area contributed by atoms with E-state index in [1.165, 1.54) is 11.1 Å². The lowest BCUT2D eigenvalue weighted by Gasteiger charge is -2.27. The molecule has 0 radical (unpaired) electrons. The molecule has 5 atom stereocenters. The monoisotopic (exact) mass is 311 g/mol. The molecule has 1 aliphatic carbocycles. The molecule has 1 aromatic carbocycles. The Hall–Kier alpha value is -2.14. The van der Waals surface area contributed by atoms with Gasteiger partial charge in [-0.3, -0.25) is 9.59 Å². The third kappa shape index (κ3) is 1.55. The van der Waals surface area contributed by atoms with E-state index in [1.807, 2.05) is 29.2 Å². The summed E-state index contributed by atoms with van der Waals surface area (Å²) < 4.78 is 5.95. The van der Waals surface area contributed by atoms with Crippen LogP contribution in [-0.2, 0) is 20.7 Å². The number of aryl methyl sites for hydroxylation is 1. The third-order valence-electron chi connectivity index (χ3n) is 5.89. The Morgan fingerprint density at radius 3 is 3.00 bits per heavy atom. The molecule has 1 N–H and O–H groups in total. The molecule has 1 amide bonds. The number of hydrogen-bond donors (Lipinski definition) is 1. The number of likely N-dealkylation sites (tertiary alicyclic amines) is 1. The van der Waals surface area contributed by atoms with Crippen LogP contribution >= 0.6 is 0 Å². The van der Waals surface area contributed by atoms with E-state index < -0.39 is 29.5 Å². The average molecular weight is 311 g/mol. The minimum Gasteiger partial charge on any atom is -0.481 e. The highest BCUT2D eigenvalue weighted by Gasteiger charge is 2.67. The van der Waals surface area contributed by atoms with Gasteiger partial charge in [-0.15, -0.1) is 0 Å². The van der Waals surface area contributed by atoms with Crippen LogP contribution in [0.4, 0.5) is 0 Å². The molecule has 2 fully saturated rings. The van der Waals surface area contributed by atoms with Crippen molar-refractivity contribution in [1.29, 1.82) is 0 Å². The lowest BCUT2D eigenvalue weighted by molar-refractivity contribution is -0.148. The van der Waals surface area contributed by atoms with Crippen molar-refractivity contribution in [2.45, 2.75) is 30.6 Å². The number of nitrogens with zero attached hydrogens (tertiary/aromatic N) is 1. The van der Waals surface area contributed by atoms with Gasteiger partial charge in [-0.2, -0.15) is 0 Å². The second-order valence-electron chi connectivity index (χ2n) is 6.96. The largest absolute Gasteiger partial charge is 0.481 e. The van der Waals surface area contributed by atoms with Crippen LogP contribution in [0, 0.1) is 11.8 Å². The van der Waals surface area contributed by atoms with E-state index in [9.17, 15) is 14.7 Å². The van der Waals surface area contributed by atoms with Gasteiger partial charge in [0.05, 0.1) is 24.6 Å². The summed E-state index contributed by atoms with van der Waals surface area (Å²) in [5, 5.41) is 9.52. The second kappa shape index (κ2) is 4.23. The molecule has 5 heteroatoms. The van der Waals surface area contributed by atoms with Crippen molar-refractivity contribution < 1.29 is 19.4 Å². The highest BCUT2D eigenvalue weighted by molar-refractivity contribution is 5.91. The first-order chi connectivity index (χ1) is 11.1. The first kappa shape index (κ1) is 13.3. The van der Waals surface area contributed by atoms with Gasteiger partial charge in [0.15, 0.2) is 0 Å². The fourth-order valence-electron chi connectivity index (χ4n) is 4.93. The van der Waals surface area contributed by atoms with Gasteiger partial charge in [0, 0.05) is 0 Å². The number of fused-ring (bicyclic) bond motifs is 2. The van der Waals surface area contributed by atoms with Crippen LogP contribution in [-0.4, -0.2) is 40.1 Å². The predicted octanol–water partition coefficient (Wildman–Crippen LogP) is 1.54. The summed E-state index contributed by atoms with van der Waals surface area (Å²) in [6, 6.07) is 8.25. The van der Waals surface area contributed by atoms with E-state index in [4.69, 9.17) is 4.74 Å². The van der Waals surface area contributed by atoms with Crippen LogP contribution in [0.2, 0.25) is 0 Å². The maximum absolute atomic E-state index is 13.0. The van der Waals surface area contributed by atoms with Gasteiger partial charge < -0.3 is 14.7 Å². The van der Waals surface area contributed by atoms with Crippen LogP contribution in [0.25, 0.3) is 0 Å². The van der Waals surface area contributed by atoms with Crippen molar-refractivity contribution in [3.8, 4) is 0 Å². The van der Waals surface area contributed by atoms with Gasteiger partial charge in [0.2, 0.25) is 5.91 Å². The molecule has 3 heterocycles. The zero-order chi connectivity index (χ0) is 15.8. The highest BCUT2D eigenvalue weighted by Crippen LogP contribution is 2.54. The Morgan fingerprint density at radius 1 is 1.35 bits per heavy atom. The number of carbonyl (C=O) groups is 2. The first-order valence-corrected chi connectivity index (χ1v) is 8.09. The molecule has 1 aromatic rings. The van der Waals surface area contributed by atoms with E-state index in [-0.39, 0.29) is 11.9 Å². The Morgan fingerprint density at radius 2 is 2.17 bits per heavy atom. The van der Waals surface area contributed by atoms with Crippen molar-refractivity contribution in [3.63, 3.8) is 0 Å². The van der Waals surface area contributed by atoms with E-state index in [1.54, 1.807) is 0 Å². The summed E-state index contributed by atoms with van der Waals surface area (Å²) >= 11 is 0. The quantitative estimate of drug-likeness (QED) is 0.841. The summed E-state index contributed by atoms with van der Waals surface area (Å²) in [5.74, 6) is -2.34. The van der Waals surface area contributed by atoms with E-state index in [2.05, 4.69) is 12.1 Å². The summed E-state index contributed by atoms with van der Waals surface area (Å²) in [7, 11) is 0. The van der Waals surface area contributed by atoms with Crippen molar-refractivity contribution in [3.05, 3.63) is 47.5 Å². The summed E-state index contributed by atoms with van der Waals surface area (Å²) in [6.45, 7) is 0.465. The summed E-state index contributed by atoms with van der Waals surface area (Å²) in [6.07, 6.45) is 5.14.